The molecule has 1 aromatic carbocycles. The zero-order valence-corrected chi connectivity index (χ0v) is 11.4. The molecule has 2 rings (SSSR count). The van der Waals surface area contributed by atoms with Gasteiger partial charge < -0.3 is 14.8 Å². The molecule has 3 heteroatoms. The van der Waals surface area contributed by atoms with Gasteiger partial charge >= 0.3 is 0 Å². The van der Waals surface area contributed by atoms with Crippen LogP contribution in [-0.2, 0) is 0 Å². The third-order valence-electron chi connectivity index (χ3n) is 3.27. The van der Waals surface area contributed by atoms with Gasteiger partial charge in [-0.2, -0.15) is 0 Å². The lowest BCUT2D eigenvalue weighted by Crippen LogP contribution is -2.21. The minimum atomic E-state index is 0.422. The second-order valence-corrected chi connectivity index (χ2v) is 4.66. The summed E-state index contributed by atoms with van der Waals surface area (Å²) >= 11 is 0. The predicted molar refractivity (Wildman–Crippen MR) is 73.4 cm³/mol. The normalized spacial score (nSPS) is 15.4. The fraction of sp³-hybridized carbons (Fsp3) is 0.600. The molecule has 100 valence electrons. The van der Waals surface area contributed by atoms with Crippen LogP contribution in [0.3, 0.4) is 0 Å². The molecule has 0 spiro atoms. The van der Waals surface area contributed by atoms with Crippen LogP contribution in [-0.4, -0.2) is 19.8 Å². The Morgan fingerprint density at radius 2 is 1.94 bits per heavy atom. The number of hydrogen-bond donors (Lipinski definition) is 1. The Morgan fingerprint density at radius 3 is 2.67 bits per heavy atom. The summed E-state index contributed by atoms with van der Waals surface area (Å²) in [4.78, 5) is 0. The molecule has 3 nitrogen and oxygen atoms in total. The van der Waals surface area contributed by atoms with Crippen LogP contribution < -0.4 is 14.8 Å². The molecule has 1 aliphatic rings. The van der Waals surface area contributed by atoms with Gasteiger partial charge in [-0.1, -0.05) is 32.8 Å². The van der Waals surface area contributed by atoms with Crippen molar-refractivity contribution in [2.24, 2.45) is 0 Å². The van der Waals surface area contributed by atoms with Crippen molar-refractivity contribution >= 4 is 0 Å². The Balaban J connectivity index is 2.13. The summed E-state index contributed by atoms with van der Waals surface area (Å²) in [5, 5.41) is 3.54. The lowest BCUT2D eigenvalue weighted by atomic mass is 10.0. The highest BCUT2D eigenvalue weighted by Crippen LogP contribution is 2.33. The Kier molecular flexibility index (Phi) is 4.88. The first-order chi connectivity index (χ1) is 8.85. The molecule has 0 saturated heterocycles. The van der Waals surface area contributed by atoms with Gasteiger partial charge in [-0.05, 0) is 30.7 Å². The van der Waals surface area contributed by atoms with Gasteiger partial charge in [-0.15, -0.1) is 0 Å². The van der Waals surface area contributed by atoms with Crippen LogP contribution >= 0.6 is 0 Å². The van der Waals surface area contributed by atoms with Gasteiger partial charge in [0.2, 0.25) is 0 Å². The highest BCUT2D eigenvalue weighted by atomic mass is 16.6. The van der Waals surface area contributed by atoms with Crippen molar-refractivity contribution < 1.29 is 9.47 Å². The number of nitrogens with one attached hydrogen (secondary N) is 1. The van der Waals surface area contributed by atoms with Crippen molar-refractivity contribution in [3.05, 3.63) is 23.8 Å². The highest BCUT2D eigenvalue weighted by molar-refractivity contribution is 5.44. The lowest BCUT2D eigenvalue weighted by Gasteiger charge is -2.22. The quantitative estimate of drug-likeness (QED) is 0.839. The number of rotatable bonds is 6. The van der Waals surface area contributed by atoms with E-state index >= 15 is 0 Å². The lowest BCUT2D eigenvalue weighted by molar-refractivity contribution is 0.171. The zero-order chi connectivity index (χ0) is 12.8. The minimum absolute atomic E-state index is 0.422. The zero-order valence-electron chi connectivity index (χ0n) is 11.4. The first-order valence-corrected chi connectivity index (χ1v) is 6.98. The molecule has 0 radical (unpaired) electrons. The molecular weight excluding hydrogens is 226 g/mol. The van der Waals surface area contributed by atoms with Crippen LogP contribution in [0.15, 0.2) is 18.2 Å². The van der Waals surface area contributed by atoms with Gasteiger partial charge in [0.1, 0.15) is 13.2 Å². The summed E-state index contributed by atoms with van der Waals surface area (Å²) in [6.07, 6.45) is 3.64. The van der Waals surface area contributed by atoms with E-state index in [-0.39, 0.29) is 0 Å². The van der Waals surface area contributed by atoms with E-state index in [0.29, 0.717) is 19.3 Å². The van der Waals surface area contributed by atoms with E-state index in [4.69, 9.17) is 9.47 Å². The van der Waals surface area contributed by atoms with Crippen molar-refractivity contribution in [1.29, 1.82) is 0 Å². The molecule has 0 bridgehead atoms. The van der Waals surface area contributed by atoms with Crippen LogP contribution in [0, 0.1) is 0 Å². The van der Waals surface area contributed by atoms with E-state index in [1.807, 2.05) is 6.07 Å². The number of fused-ring (bicyclic) bond motifs is 1. The smallest absolute Gasteiger partial charge is 0.161 e. The minimum Gasteiger partial charge on any atom is -0.486 e. The maximum absolute atomic E-state index is 5.64. The number of hydrogen-bond acceptors (Lipinski definition) is 3. The summed E-state index contributed by atoms with van der Waals surface area (Å²) in [7, 11) is 0. The predicted octanol–water partition coefficient (Wildman–Crippen LogP) is 3.30. The Labute approximate surface area is 109 Å². The first-order valence-electron chi connectivity index (χ1n) is 6.98. The molecule has 0 fully saturated rings. The maximum atomic E-state index is 5.64. The van der Waals surface area contributed by atoms with Gasteiger partial charge in [-0.25, -0.2) is 0 Å². The molecule has 0 amide bonds. The molecule has 1 N–H and O–H groups in total. The summed E-state index contributed by atoms with van der Waals surface area (Å²) in [5.41, 5.74) is 1.30. The Hall–Kier alpha value is -1.22. The van der Waals surface area contributed by atoms with Crippen molar-refractivity contribution in [2.45, 2.75) is 39.2 Å². The van der Waals surface area contributed by atoms with Crippen molar-refractivity contribution in [3.8, 4) is 11.5 Å². The molecule has 0 aliphatic carbocycles. The van der Waals surface area contributed by atoms with Gasteiger partial charge in [-0.3, -0.25) is 0 Å². The van der Waals surface area contributed by atoms with Gasteiger partial charge in [0.25, 0.3) is 0 Å². The van der Waals surface area contributed by atoms with Crippen molar-refractivity contribution in [1.82, 2.24) is 5.32 Å². The summed E-state index contributed by atoms with van der Waals surface area (Å²) in [6.45, 7) is 6.67. The summed E-state index contributed by atoms with van der Waals surface area (Å²) < 4.78 is 11.2. The van der Waals surface area contributed by atoms with Gasteiger partial charge in [0, 0.05) is 6.04 Å². The molecular formula is C15H23NO2. The fourth-order valence-corrected chi connectivity index (χ4v) is 2.32. The summed E-state index contributed by atoms with van der Waals surface area (Å²) in [5.74, 6) is 1.76. The Bertz CT molecular complexity index is 379. The maximum Gasteiger partial charge on any atom is 0.161 e. The topological polar surface area (TPSA) is 30.5 Å². The van der Waals surface area contributed by atoms with E-state index in [0.717, 1.165) is 18.0 Å². The van der Waals surface area contributed by atoms with Crippen LogP contribution in [0.2, 0.25) is 0 Å². The molecule has 1 aliphatic heterocycles. The van der Waals surface area contributed by atoms with Crippen LogP contribution in [0.4, 0.5) is 0 Å². The highest BCUT2D eigenvalue weighted by Gasteiger charge is 2.16. The third-order valence-corrected chi connectivity index (χ3v) is 3.27. The van der Waals surface area contributed by atoms with Crippen molar-refractivity contribution in [3.63, 3.8) is 0 Å². The second kappa shape index (κ2) is 6.64. The van der Waals surface area contributed by atoms with Crippen LogP contribution in [0.1, 0.15) is 44.7 Å². The van der Waals surface area contributed by atoms with Crippen molar-refractivity contribution in [2.75, 3.05) is 19.8 Å². The monoisotopic (exact) mass is 249 g/mol. The average molecular weight is 249 g/mol. The van der Waals surface area contributed by atoms with Gasteiger partial charge in [0.15, 0.2) is 11.5 Å². The summed E-state index contributed by atoms with van der Waals surface area (Å²) in [6, 6.07) is 6.72. The molecule has 1 heterocycles. The van der Waals surface area contributed by atoms with Gasteiger partial charge in [0.05, 0.1) is 0 Å². The average Bonchev–Trinajstić information content (AvgIpc) is 2.43. The number of benzene rings is 1. The third kappa shape index (κ3) is 3.16. The molecule has 18 heavy (non-hydrogen) atoms. The first kappa shape index (κ1) is 13.2. The fourth-order valence-electron chi connectivity index (χ4n) is 2.32. The largest absolute Gasteiger partial charge is 0.486 e. The van der Waals surface area contributed by atoms with Crippen LogP contribution in [0.5, 0.6) is 11.5 Å². The van der Waals surface area contributed by atoms with E-state index in [2.05, 4.69) is 31.3 Å². The van der Waals surface area contributed by atoms with E-state index in [9.17, 15) is 0 Å². The Morgan fingerprint density at radius 1 is 1.17 bits per heavy atom. The van der Waals surface area contributed by atoms with E-state index in [1.165, 1.54) is 24.8 Å². The number of ether oxygens (including phenoxy) is 2. The van der Waals surface area contributed by atoms with E-state index < -0.39 is 0 Å². The number of unbranched alkanes of at least 4 members (excludes halogenated alkanes) is 1. The molecule has 0 saturated carbocycles. The second-order valence-electron chi connectivity index (χ2n) is 4.66. The molecule has 1 atom stereocenters. The van der Waals surface area contributed by atoms with E-state index in [1.54, 1.807) is 0 Å². The molecule has 0 aromatic heterocycles. The molecule has 1 aromatic rings. The SMILES string of the molecule is CCCCC(NCC)c1ccc2c(c1)OCCO2. The van der Waals surface area contributed by atoms with Crippen LogP contribution in [0.25, 0.3) is 0 Å². The molecule has 1 unspecified atom stereocenters. The standard InChI is InChI=1S/C15H23NO2/c1-3-5-6-13(16-4-2)12-7-8-14-15(11-12)18-10-9-17-14/h7-8,11,13,16H,3-6,9-10H2,1-2H3.